The van der Waals surface area contributed by atoms with Crippen LogP contribution in [0.25, 0.3) is 0 Å². The smallest absolute Gasteiger partial charge is 0.244 e. The average Bonchev–Trinajstić information content (AvgIpc) is 2.57. The van der Waals surface area contributed by atoms with E-state index in [0.29, 0.717) is 10.7 Å². The lowest BCUT2D eigenvalue weighted by Gasteiger charge is -2.15. The van der Waals surface area contributed by atoms with E-state index in [-0.39, 0.29) is 15.8 Å². The molecule has 0 saturated heterocycles. The van der Waals surface area contributed by atoms with E-state index in [9.17, 15) is 13.2 Å². The molecule has 0 spiro atoms. The van der Waals surface area contributed by atoms with Gasteiger partial charge in [0.15, 0.2) is 0 Å². The molecular formula is C15H17ClN4O3S2. The van der Waals surface area contributed by atoms with Crippen LogP contribution in [-0.2, 0) is 14.8 Å². The summed E-state index contributed by atoms with van der Waals surface area (Å²) in [6.45, 7) is 1.72. The summed E-state index contributed by atoms with van der Waals surface area (Å²) in [6, 6.07) is 4.33. The Balaban J connectivity index is 2.16. The molecule has 134 valence electrons. The quantitative estimate of drug-likeness (QED) is 0.749. The van der Waals surface area contributed by atoms with Crippen LogP contribution in [0.5, 0.6) is 0 Å². The maximum absolute atomic E-state index is 12.3. The van der Waals surface area contributed by atoms with Crippen LogP contribution in [0.2, 0.25) is 5.02 Å². The van der Waals surface area contributed by atoms with E-state index in [4.69, 9.17) is 11.6 Å². The number of benzene rings is 1. The minimum absolute atomic E-state index is 0.0637. The van der Waals surface area contributed by atoms with Crippen LogP contribution in [0.15, 0.2) is 46.7 Å². The van der Waals surface area contributed by atoms with E-state index >= 15 is 0 Å². The first-order valence-electron chi connectivity index (χ1n) is 7.17. The second kappa shape index (κ2) is 8.13. The van der Waals surface area contributed by atoms with Crippen molar-refractivity contribution >= 4 is 45.0 Å². The molecule has 2 rings (SSSR count). The van der Waals surface area contributed by atoms with Crippen molar-refractivity contribution in [2.75, 3.05) is 19.4 Å². The largest absolute Gasteiger partial charge is 0.325 e. The van der Waals surface area contributed by atoms with Crippen molar-refractivity contribution in [1.29, 1.82) is 0 Å². The first-order valence-corrected chi connectivity index (χ1v) is 9.87. The monoisotopic (exact) mass is 400 g/mol. The van der Waals surface area contributed by atoms with Gasteiger partial charge in [-0.05, 0) is 25.1 Å². The summed E-state index contributed by atoms with van der Waals surface area (Å²) in [5.41, 5.74) is 0.349. The number of rotatable bonds is 6. The molecule has 1 N–H and O–H groups in total. The van der Waals surface area contributed by atoms with Crippen LogP contribution in [-0.4, -0.2) is 47.9 Å². The maximum atomic E-state index is 12.3. The molecule has 1 atom stereocenters. The van der Waals surface area contributed by atoms with E-state index < -0.39 is 15.3 Å². The third kappa shape index (κ3) is 4.91. The topological polar surface area (TPSA) is 92.3 Å². The van der Waals surface area contributed by atoms with Gasteiger partial charge in [-0.2, -0.15) is 0 Å². The van der Waals surface area contributed by atoms with Crippen molar-refractivity contribution in [2.45, 2.75) is 22.1 Å². The highest BCUT2D eigenvalue weighted by molar-refractivity contribution is 8.00. The van der Waals surface area contributed by atoms with Crippen molar-refractivity contribution < 1.29 is 13.2 Å². The molecule has 0 aliphatic carbocycles. The number of amides is 1. The van der Waals surface area contributed by atoms with Gasteiger partial charge in [-0.15, -0.1) is 0 Å². The lowest BCUT2D eigenvalue weighted by molar-refractivity contribution is -0.115. The van der Waals surface area contributed by atoms with Crippen molar-refractivity contribution in [1.82, 2.24) is 14.3 Å². The highest BCUT2D eigenvalue weighted by Gasteiger charge is 2.22. The number of nitrogens with zero attached hydrogens (tertiary/aromatic N) is 3. The first-order chi connectivity index (χ1) is 11.7. The lowest BCUT2D eigenvalue weighted by Crippen LogP contribution is -2.24. The number of anilines is 1. The summed E-state index contributed by atoms with van der Waals surface area (Å²) in [4.78, 5) is 20.3. The minimum atomic E-state index is -3.71. The van der Waals surface area contributed by atoms with E-state index in [0.717, 1.165) is 4.31 Å². The van der Waals surface area contributed by atoms with Gasteiger partial charge in [0, 0.05) is 32.2 Å². The number of halogens is 1. The molecule has 2 aromatic rings. The second-order valence-electron chi connectivity index (χ2n) is 5.23. The molecule has 1 amide bonds. The summed E-state index contributed by atoms with van der Waals surface area (Å²) in [5.74, 6) is -0.286. The van der Waals surface area contributed by atoms with Crippen LogP contribution in [0.3, 0.4) is 0 Å². The fourth-order valence-corrected chi connectivity index (χ4v) is 3.97. The number of hydrogen-bond donors (Lipinski definition) is 1. The predicted octanol–water partition coefficient (Wildman–Crippen LogP) is 2.50. The van der Waals surface area contributed by atoms with Gasteiger partial charge >= 0.3 is 0 Å². The van der Waals surface area contributed by atoms with Gasteiger partial charge in [-0.1, -0.05) is 23.4 Å². The molecule has 0 fully saturated rings. The predicted molar refractivity (Wildman–Crippen MR) is 98.3 cm³/mol. The molecule has 1 heterocycles. The van der Waals surface area contributed by atoms with Crippen molar-refractivity contribution in [2.24, 2.45) is 0 Å². The van der Waals surface area contributed by atoms with Gasteiger partial charge in [0.2, 0.25) is 15.9 Å². The zero-order valence-corrected chi connectivity index (χ0v) is 16.2. The van der Waals surface area contributed by atoms with Crippen molar-refractivity contribution in [3.05, 3.63) is 41.8 Å². The molecule has 25 heavy (non-hydrogen) atoms. The summed E-state index contributed by atoms with van der Waals surface area (Å²) >= 11 is 7.24. The lowest BCUT2D eigenvalue weighted by atomic mass is 10.3. The second-order valence-corrected chi connectivity index (χ2v) is 9.11. The maximum Gasteiger partial charge on any atom is 0.244 e. The molecule has 0 radical (unpaired) electrons. The number of thioether (sulfide) groups is 1. The van der Waals surface area contributed by atoms with Gasteiger partial charge in [0.05, 0.1) is 16.5 Å². The summed E-state index contributed by atoms with van der Waals surface area (Å²) in [6.07, 6.45) is 4.66. The number of nitrogens with one attached hydrogen (secondary N) is 1. The number of carbonyl (C=O) groups is 1. The van der Waals surface area contributed by atoms with Crippen LogP contribution in [0.4, 0.5) is 5.69 Å². The summed E-state index contributed by atoms with van der Waals surface area (Å²) < 4.78 is 25.6. The molecule has 1 aromatic carbocycles. The number of sulfonamides is 1. The zero-order valence-electron chi connectivity index (χ0n) is 13.8. The Bertz CT molecular complexity index is 860. The van der Waals surface area contributed by atoms with Crippen LogP contribution in [0.1, 0.15) is 6.92 Å². The summed E-state index contributed by atoms with van der Waals surface area (Å²) in [7, 11) is -0.882. The van der Waals surface area contributed by atoms with Crippen molar-refractivity contribution in [3.8, 4) is 0 Å². The molecule has 1 unspecified atom stereocenters. The van der Waals surface area contributed by atoms with Gasteiger partial charge in [-0.25, -0.2) is 17.7 Å². The zero-order chi connectivity index (χ0) is 18.6. The Hall–Kier alpha value is -1.68. The number of carbonyl (C=O) groups excluding carboxylic acids is 1. The third-order valence-electron chi connectivity index (χ3n) is 3.16. The van der Waals surface area contributed by atoms with Gasteiger partial charge in [0.1, 0.15) is 9.92 Å². The first kappa shape index (κ1) is 19.6. The Morgan fingerprint density at radius 3 is 2.64 bits per heavy atom. The van der Waals surface area contributed by atoms with Gasteiger partial charge in [0.25, 0.3) is 0 Å². The average molecular weight is 401 g/mol. The Labute approximate surface area is 155 Å². The highest BCUT2D eigenvalue weighted by atomic mass is 35.5. The molecule has 0 aliphatic heterocycles. The van der Waals surface area contributed by atoms with E-state index in [1.807, 2.05) is 0 Å². The number of aromatic nitrogens is 2. The van der Waals surface area contributed by atoms with Crippen LogP contribution < -0.4 is 5.32 Å². The third-order valence-corrected chi connectivity index (χ3v) is 6.48. The molecular weight excluding hydrogens is 384 g/mol. The standard InChI is InChI=1S/C15H17ClN4O3S2/c1-10(24-14-9-17-6-7-18-14)15(21)19-11-4-5-12(16)13(8-11)25(22,23)20(2)3/h4-10H,1-3H3,(H,19,21). The van der Waals surface area contributed by atoms with E-state index in [1.54, 1.807) is 31.6 Å². The fraction of sp³-hybridized carbons (Fsp3) is 0.267. The van der Waals surface area contributed by atoms with Crippen LogP contribution in [0, 0.1) is 0 Å². The fourth-order valence-electron chi connectivity index (χ4n) is 1.80. The Morgan fingerprint density at radius 2 is 2.04 bits per heavy atom. The van der Waals surface area contributed by atoms with Gasteiger partial charge < -0.3 is 5.32 Å². The molecule has 10 heteroatoms. The van der Waals surface area contributed by atoms with Crippen molar-refractivity contribution in [3.63, 3.8) is 0 Å². The Morgan fingerprint density at radius 1 is 1.32 bits per heavy atom. The molecule has 0 saturated carbocycles. The summed E-state index contributed by atoms with van der Waals surface area (Å²) in [5, 5.41) is 2.96. The number of hydrogen-bond acceptors (Lipinski definition) is 6. The molecule has 1 aromatic heterocycles. The van der Waals surface area contributed by atoms with Crippen LogP contribution >= 0.6 is 23.4 Å². The SMILES string of the molecule is CC(Sc1cnccn1)C(=O)Nc1ccc(Cl)c(S(=O)(=O)N(C)C)c1. The highest BCUT2D eigenvalue weighted by Crippen LogP contribution is 2.27. The van der Waals surface area contributed by atoms with E-state index in [1.165, 1.54) is 38.0 Å². The molecule has 7 nitrogen and oxygen atoms in total. The van der Waals surface area contributed by atoms with Gasteiger partial charge in [-0.3, -0.25) is 9.78 Å². The van der Waals surface area contributed by atoms with E-state index in [2.05, 4.69) is 15.3 Å². The normalized spacial score (nSPS) is 12.8. The molecule has 0 bridgehead atoms. The Kier molecular flexibility index (Phi) is 6.39. The minimum Gasteiger partial charge on any atom is -0.325 e. The molecule has 0 aliphatic rings.